The van der Waals surface area contributed by atoms with Crippen LogP contribution in [0.1, 0.15) is 40.0 Å². The normalized spacial score (nSPS) is 48.5. The zero-order valence-corrected chi connectivity index (χ0v) is 7.58. The third kappa shape index (κ3) is 0.653. The monoisotopic (exact) mass is 155 g/mol. The van der Waals surface area contributed by atoms with E-state index >= 15 is 0 Å². The molecule has 0 aromatic carbocycles. The molecule has 11 heavy (non-hydrogen) atoms. The summed E-state index contributed by atoms with van der Waals surface area (Å²) >= 11 is 0. The summed E-state index contributed by atoms with van der Waals surface area (Å²) in [4.78, 5) is 0. The highest BCUT2D eigenvalue weighted by Crippen LogP contribution is 2.69. The van der Waals surface area contributed by atoms with E-state index in [1.165, 1.54) is 6.42 Å². The second-order valence-electron chi connectivity index (χ2n) is 4.90. The van der Waals surface area contributed by atoms with Crippen LogP contribution in [0.2, 0.25) is 0 Å². The smallest absolute Gasteiger partial charge is 0.151 e. The van der Waals surface area contributed by atoms with Crippen molar-refractivity contribution in [1.82, 2.24) is 0 Å². The molecule has 0 aromatic rings. The van der Waals surface area contributed by atoms with Crippen LogP contribution in [0, 0.1) is 22.9 Å². The van der Waals surface area contributed by atoms with Gasteiger partial charge in [0.2, 0.25) is 0 Å². The van der Waals surface area contributed by atoms with Crippen LogP contribution in [0.5, 0.6) is 0 Å². The molecule has 0 amide bonds. The minimum Gasteiger partial charge on any atom is -0.240 e. The Bertz CT molecular complexity index is 185. The molecule has 2 atom stereocenters. The first-order chi connectivity index (χ1) is 4.98. The lowest BCUT2D eigenvalue weighted by Gasteiger charge is -2.34. The van der Waals surface area contributed by atoms with Gasteiger partial charge in [0.15, 0.2) is 6.17 Å². The van der Waals surface area contributed by atoms with Crippen LogP contribution < -0.4 is 0 Å². The molecule has 63 valence electrons. The molecule has 0 N–H and O–H groups in total. The summed E-state index contributed by atoms with van der Waals surface area (Å²) < 4.78 is 13.4. The molecule has 2 bridgehead atoms. The largest absolute Gasteiger partial charge is 0.240 e. The maximum absolute atomic E-state index is 13.4. The molecule has 2 aliphatic carbocycles. The minimum absolute atomic E-state index is 0.0856. The highest BCUT2D eigenvalue weighted by atomic mass is 19.1. The maximum atomic E-state index is 13.4. The van der Waals surface area contributed by atoms with Crippen LogP contribution in [0.15, 0.2) is 0 Å². The summed E-state index contributed by atoms with van der Waals surface area (Å²) in [5.41, 5.74) is 0.134. The van der Waals surface area contributed by atoms with E-state index in [4.69, 9.17) is 0 Å². The first-order valence-electron chi connectivity index (χ1n) is 4.50. The van der Waals surface area contributed by atoms with E-state index in [0.29, 0.717) is 5.92 Å². The van der Waals surface area contributed by atoms with E-state index in [9.17, 15) is 4.39 Å². The number of hydrogen-bond donors (Lipinski definition) is 0. The van der Waals surface area contributed by atoms with Gasteiger partial charge in [-0.2, -0.15) is 0 Å². The van der Waals surface area contributed by atoms with Gasteiger partial charge in [0.25, 0.3) is 0 Å². The van der Waals surface area contributed by atoms with Gasteiger partial charge in [-0.3, -0.25) is 0 Å². The molecule has 2 saturated carbocycles. The lowest BCUT2D eigenvalue weighted by molar-refractivity contribution is 0.133. The summed E-state index contributed by atoms with van der Waals surface area (Å²) in [6, 6.07) is 0. The molecule has 0 spiro atoms. The van der Waals surface area contributed by atoms with Gasteiger partial charge in [-0.1, -0.05) is 20.8 Å². The Morgan fingerprint density at radius 2 is 2.00 bits per heavy atom. The number of hydrogen-bond acceptors (Lipinski definition) is 0. The van der Waals surface area contributed by atoms with E-state index in [2.05, 4.69) is 20.8 Å². The van der Waals surface area contributed by atoms with Gasteiger partial charge in [-0.15, -0.1) is 0 Å². The van der Waals surface area contributed by atoms with E-state index < -0.39 is 0 Å². The molecule has 2 fully saturated rings. The SMILES string of the molecule is CC12CCC(C[C]1F)C2(C)C. The van der Waals surface area contributed by atoms with Crippen molar-refractivity contribution in [3.8, 4) is 0 Å². The molecule has 2 aliphatic rings. The lowest BCUT2D eigenvalue weighted by Crippen LogP contribution is -2.29. The Labute approximate surface area is 68.2 Å². The van der Waals surface area contributed by atoms with Gasteiger partial charge < -0.3 is 0 Å². The Hall–Kier alpha value is -0.0700. The first-order valence-corrected chi connectivity index (χ1v) is 4.50. The first kappa shape index (κ1) is 7.57. The predicted octanol–water partition coefficient (Wildman–Crippen LogP) is 3.33. The summed E-state index contributed by atoms with van der Waals surface area (Å²) in [6.45, 7) is 6.53. The van der Waals surface area contributed by atoms with Crippen molar-refractivity contribution >= 4 is 0 Å². The van der Waals surface area contributed by atoms with Crippen molar-refractivity contribution in [3.05, 3.63) is 6.17 Å². The Morgan fingerprint density at radius 1 is 1.36 bits per heavy atom. The Balaban J connectivity index is 2.40. The Morgan fingerprint density at radius 3 is 2.18 bits per heavy atom. The predicted molar refractivity (Wildman–Crippen MR) is 43.6 cm³/mol. The number of fused-ring (bicyclic) bond motifs is 2. The highest BCUT2D eigenvalue weighted by Gasteiger charge is 2.62. The molecular weight excluding hydrogens is 139 g/mol. The summed E-state index contributed by atoms with van der Waals surface area (Å²) in [5.74, 6) is 0.618. The van der Waals surface area contributed by atoms with Crippen molar-refractivity contribution in [2.75, 3.05) is 0 Å². The second kappa shape index (κ2) is 1.81. The summed E-state index contributed by atoms with van der Waals surface area (Å²) in [6.07, 6.45) is 3.30. The van der Waals surface area contributed by atoms with Gasteiger partial charge in [0.05, 0.1) is 0 Å². The quantitative estimate of drug-likeness (QED) is 0.503. The van der Waals surface area contributed by atoms with Crippen LogP contribution in [0.4, 0.5) is 4.39 Å². The zero-order valence-electron chi connectivity index (χ0n) is 7.58. The van der Waals surface area contributed by atoms with Crippen LogP contribution in [0.25, 0.3) is 0 Å². The Kier molecular flexibility index (Phi) is 1.24. The van der Waals surface area contributed by atoms with E-state index in [1.807, 2.05) is 0 Å². The maximum Gasteiger partial charge on any atom is 0.151 e. The van der Waals surface area contributed by atoms with Crippen LogP contribution >= 0.6 is 0 Å². The fourth-order valence-electron chi connectivity index (χ4n) is 2.88. The number of halogens is 1. The van der Waals surface area contributed by atoms with Gasteiger partial charge in [-0.25, -0.2) is 4.39 Å². The summed E-state index contributed by atoms with van der Waals surface area (Å²) in [5, 5.41) is 0. The molecular formula is C10H16F. The molecule has 0 nitrogen and oxygen atoms in total. The van der Waals surface area contributed by atoms with E-state index in [1.54, 1.807) is 0 Å². The standard InChI is InChI=1S/C10H16F/c1-9(2)7-4-5-10(9,3)8(11)6-7/h7H,4-6H2,1-3H3. The van der Waals surface area contributed by atoms with Crippen LogP contribution in [-0.4, -0.2) is 0 Å². The molecule has 0 saturated heterocycles. The molecule has 0 aliphatic heterocycles. The van der Waals surface area contributed by atoms with Gasteiger partial charge in [0.1, 0.15) is 0 Å². The highest BCUT2D eigenvalue weighted by molar-refractivity contribution is 5.18. The van der Waals surface area contributed by atoms with Crippen molar-refractivity contribution in [3.63, 3.8) is 0 Å². The van der Waals surface area contributed by atoms with Crippen molar-refractivity contribution < 1.29 is 4.39 Å². The molecule has 0 aromatic heterocycles. The van der Waals surface area contributed by atoms with Crippen LogP contribution in [0.3, 0.4) is 0 Å². The molecule has 2 rings (SSSR count). The summed E-state index contributed by atoms with van der Waals surface area (Å²) in [7, 11) is 0. The molecule has 1 heteroatoms. The van der Waals surface area contributed by atoms with Crippen molar-refractivity contribution in [2.24, 2.45) is 16.7 Å². The van der Waals surface area contributed by atoms with Crippen molar-refractivity contribution in [2.45, 2.75) is 40.0 Å². The van der Waals surface area contributed by atoms with Gasteiger partial charge >= 0.3 is 0 Å². The van der Waals surface area contributed by atoms with Gasteiger partial charge in [0, 0.05) is 5.41 Å². The molecule has 0 heterocycles. The fourth-order valence-corrected chi connectivity index (χ4v) is 2.88. The average Bonchev–Trinajstić information content (AvgIpc) is 2.20. The van der Waals surface area contributed by atoms with Gasteiger partial charge in [-0.05, 0) is 30.6 Å². The van der Waals surface area contributed by atoms with E-state index in [0.717, 1.165) is 12.8 Å². The second-order valence-corrected chi connectivity index (χ2v) is 4.90. The average molecular weight is 155 g/mol. The third-order valence-electron chi connectivity index (χ3n) is 4.46. The molecule has 1 radical (unpaired) electrons. The zero-order chi connectivity index (χ0) is 8.28. The topological polar surface area (TPSA) is 0 Å². The third-order valence-corrected chi connectivity index (χ3v) is 4.46. The van der Waals surface area contributed by atoms with E-state index in [-0.39, 0.29) is 17.0 Å². The van der Waals surface area contributed by atoms with Crippen molar-refractivity contribution in [1.29, 1.82) is 0 Å². The fraction of sp³-hybridized carbons (Fsp3) is 0.900. The lowest BCUT2D eigenvalue weighted by atomic mass is 9.70. The van der Waals surface area contributed by atoms with Crippen LogP contribution in [-0.2, 0) is 0 Å². The number of rotatable bonds is 0. The molecule has 2 unspecified atom stereocenters. The minimum atomic E-state index is -0.0856.